The zero-order valence-electron chi connectivity index (χ0n) is 21.0. The summed E-state index contributed by atoms with van der Waals surface area (Å²) in [6.45, 7) is 5.57. The van der Waals surface area contributed by atoms with Gasteiger partial charge in [0.15, 0.2) is 11.5 Å². The number of amides is 1. The van der Waals surface area contributed by atoms with Gasteiger partial charge in [0.25, 0.3) is 5.91 Å². The third kappa shape index (κ3) is 5.86. The smallest absolute Gasteiger partial charge is 0.254 e. The summed E-state index contributed by atoms with van der Waals surface area (Å²) in [6, 6.07) is 22.9. The molecule has 2 aliphatic rings. The zero-order valence-corrected chi connectivity index (χ0v) is 23.1. The van der Waals surface area contributed by atoms with Gasteiger partial charge >= 0.3 is 0 Å². The molecule has 1 unspecified atom stereocenters. The molecular formula is C30H33IN2O3. The summed E-state index contributed by atoms with van der Waals surface area (Å²) in [4.78, 5) is 17.4. The molecule has 5 nitrogen and oxygen atoms in total. The molecule has 2 heterocycles. The third-order valence-corrected chi connectivity index (χ3v) is 8.25. The van der Waals surface area contributed by atoms with Crippen LogP contribution >= 0.6 is 22.6 Å². The lowest BCUT2D eigenvalue weighted by atomic mass is 9.89. The molecule has 3 aromatic rings. The number of fused-ring (bicyclic) bond motifs is 1. The van der Waals surface area contributed by atoms with Crippen molar-refractivity contribution >= 4 is 28.5 Å². The summed E-state index contributed by atoms with van der Waals surface area (Å²) in [5.41, 5.74) is 4.48. The van der Waals surface area contributed by atoms with Crippen LogP contribution in [0, 0.1) is 9.49 Å². The lowest BCUT2D eigenvalue weighted by Crippen LogP contribution is -2.33. The van der Waals surface area contributed by atoms with Crippen molar-refractivity contribution < 1.29 is 14.3 Å². The van der Waals surface area contributed by atoms with Crippen LogP contribution in [0.2, 0.25) is 0 Å². The van der Waals surface area contributed by atoms with E-state index in [1.807, 2.05) is 30.1 Å². The Hall–Kier alpha value is -2.58. The predicted molar refractivity (Wildman–Crippen MR) is 150 cm³/mol. The molecule has 1 fully saturated rings. The van der Waals surface area contributed by atoms with E-state index in [2.05, 4.69) is 82.9 Å². The molecule has 0 N–H and O–H groups in total. The van der Waals surface area contributed by atoms with Crippen LogP contribution in [0.5, 0.6) is 11.5 Å². The van der Waals surface area contributed by atoms with Gasteiger partial charge < -0.3 is 14.4 Å². The van der Waals surface area contributed by atoms with E-state index in [1.54, 1.807) is 0 Å². The summed E-state index contributed by atoms with van der Waals surface area (Å²) in [5.74, 6) is 2.45. The molecule has 1 saturated heterocycles. The summed E-state index contributed by atoms with van der Waals surface area (Å²) >= 11 is 2.30. The van der Waals surface area contributed by atoms with E-state index in [0.29, 0.717) is 12.7 Å². The lowest BCUT2D eigenvalue weighted by molar-refractivity contribution is 0.0742. The minimum atomic E-state index is 0.0250. The number of carbonyl (C=O) groups excluding carboxylic acids is 1. The van der Waals surface area contributed by atoms with Gasteiger partial charge in [-0.1, -0.05) is 30.3 Å². The average Bonchev–Trinajstić information content (AvgIpc) is 3.37. The number of carbonyl (C=O) groups is 1. The van der Waals surface area contributed by atoms with Gasteiger partial charge in [0.2, 0.25) is 6.79 Å². The fourth-order valence-corrected chi connectivity index (χ4v) is 5.47. The third-order valence-electron chi connectivity index (χ3n) is 7.53. The van der Waals surface area contributed by atoms with Gasteiger partial charge in [-0.05, 0) is 121 Å². The van der Waals surface area contributed by atoms with E-state index in [0.717, 1.165) is 48.7 Å². The van der Waals surface area contributed by atoms with Crippen molar-refractivity contribution in [3.05, 3.63) is 92.6 Å². The summed E-state index contributed by atoms with van der Waals surface area (Å²) < 4.78 is 12.1. The second kappa shape index (κ2) is 11.2. The number of nitrogens with zero attached hydrogens (tertiary/aromatic N) is 2. The lowest BCUT2D eigenvalue weighted by Gasteiger charge is -2.32. The second-order valence-corrected chi connectivity index (χ2v) is 11.2. The van der Waals surface area contributed by atoms with Gasteiger partial charge in [-0.25, -0.2) is 0 Å². The van der Waals surface area contributed by atoms with E-state index in [9.17, 15) is 4.79 Å². The highest BCUT2D eigenvalue weighted by molar-refractivity contribution is 14.1. The maximum absolute atomic E-state index is 13.1. The van der Waals surface area contributed by atoms with Gasteiger partial charge in [-0.15, -0.1) is 0 Å². The monoisotopic (exact) mass is 596 g/mol. The molecule has 36 heavy (non-hydrogen) atoms. The van der Waals surface area contributed by atoms with Crippen LogP contribution in [0.25, 0.3) is 0 Å². The van der Waals surface area contributed by atoms with E-state index >= 15 is 0 Å². The maximum atomic E-state index is 13.1. The fourth-order valence-electron chi connectivity index (χ4n) is 5.11. The molecule has 0 bridgehead atoms. The Morgan fingerprint density at radius 3 is 2.36 bits per heavy atom. The van der Waals surface area contributed by atoms with Crippen molar-refractivity contribution in [2.45, 2.75) is 38.8 Å². The van der Waals surface area contributed by atoms with E-state index in [-0.39, 0.29) is 11.9 Å². The van der Waals surface area contributed by atoms with E-state index in [4.69, 9.17) is 9.47 Å². The number of ether oxygens (including phenoxy) is 2. The predicted octanol–water partition coefficient (Wildman–Crippen LogP) is 6.31. The molecule has 6 heteroatoms. The van der Waals surface area contributed by atoms with Crippen molar-refractivity contribution in [3.63, 3.8) is 0 Å². The highest BCUT2D eigenvalue weighted by atomic mass is 127. The zero-order chi connectivity index (χ0) is 25.1. The number of rotatable bonds is 7. The number of hydrogen-bond donors (Lipinski definition) is 0. The first kappa shape index (κ1) is 25.1. The number of benzene rings is 3. The number of piperidine rings is 1. The van der Waals surface area contributed by atoms with Crippen LogP contribution < -0.4 is 9.47 Å². The molecule has 5 rings (SSSR count). The number of hydrogen-bond acceptors (Lipinski definition) is 4. The summed E-state index contributed by atoms with van der Waals surface area (Å²) in [5, 5.41) is 0. The summed E-state index contributed by atoms with van der Waals surface area (Å²) in [6.07, 6.45) is 3.46. The Balaban J connectivity index is 1.11. The largest absolute Gasteiger partial charge is 0.454 e. The highest BCUT2D eigenvalue weighted by Gasteiger charge is 2.22. The molecule has 188 valence electrons. The first-order chi connectivity index (χ1) is 17.5. The minimum absolute atomic E-state index is 0.0250. The van der Waals surface area contributed by atoms with Gasteiger partial charge in [0.1, 0.15) is 0 Å². The molecule has 0 spiro atoms. The Labute approximate surface area is 227 Å². The van der Waals surface area contributed by atoms with Crippen molar-refractivity contribution in [1.29, 1.82) is 0 Å². The van der Waals surface area contributed by atoms with Crippen molar-refractivity contribution in [3.8, 4) is 11.5 Å². The number of likely N-dealkylation sites (tertiary alicyclic amines) is 1. The van der Waals surface area contributed by atoms with Gasteiger partial charge in [-0.2, -0.15) is 0 Å². The number of halogens is 1. The van der Waals surface area contributed by atoms with Crippen LogP contribution in [0.4, 0.5) is 0 Å². The first-order valence-corrected chi connectivity index (χ1v) is 13.8. The van der Waals surface area contributed by atoms with Crippen LogP contribution in [0.3, 0.4) is 0 Å². The van der Waals surface area contributed by atoms with Gasteiger partial charge in [-0.3, -0.25) is 9.69 Å². The Morgan fingerprint density at radius 2 is 1.64 bits per heavy atom. The molecule has 3 aromatic carbocycles. The normalized spacial score (nSPS) is 16.6. The van der Waals surface area contributed by atoms with E-state index < -0.39 is 0 Å². The quantitative estimate of drug-likeness (QED) is 0.300. The Kier molecular flexibility index (Phi) is 7.82. The maximum Gasteiger partial charge on any atom is 0.254 e. The molecule has 0 radical (unpaired) electrons. The summed E-state index contributed by atoms with van der Waals surface area (Å²) in [7, 11) is 1.89. The van der Waals surface area contributed by atoms with E-state index in [1.165, 1.54) is 27.5 Å². The van der Waals surface area contributed by atoms with Crippen molar-refractivity contribution in [2.75, 3.05) is 26.9 Å². The van der Waals surface area contributed by atoms with Gasteiger partial charge in [0.05, 0.1) is 6.04 Å². The van der Waals surface area contributed by atoms with Crippen LogP contribution in [-0.4, -0.2) is 42.6 Å². The molecule has 2 aliphatic heterocycles. The molecule has 1 atom stereocenters. The molecular weight excluding hydrogens is 563 g/mol. The van der Waals surface area contributed by atoms with Crippen molar-refractivity contribution in [2.24, 2.45) is 5.92 Å². The topological polar surface area (TPSA) is 42.0 Å². The highest BCUT2D eigenvalue weighted by Crippen LogP contribution is 2.33. The SMILES string of the molecule is CC(c1ccc(I)cc1)N(C)C(=O)c1ccc(CC2CCN(Cc3ccc4c(c3)OCO4)CC2)cc1. The molecule has 0 aromatic heterocycles. The minimum Gasteiger partial charge on any atom is -0.454 e. The Morgan fingerprint density at radius 1 is 0.972 bits per heavy atom. The van der Waals surface area contributed by atoms with Crippen LogP contribution in [0.15, 0.2) is 66.7 Å². The standard InChI is InChI=1S/C30H33IN2O3/c1-21(25-8-10-27(31)11-9-25)32(2)30(34)26-6-3-22(4-7-26)17-23-13-15-33(16-14-23)19-24-5-12-28-29(18-24)36-20-35-28/h3-12,18,21,23H,13-17,19-20H2,1-2H3. The molecule has 0 saturated carbocycles. The molecule has 0 aliphatic carbocycles. The molecule has 1 amide bonds. The Bertz CT molecular complexity index is 1190. The van der Waals surface area contributed by atoms with Crippen LogP contribution in [0.1, 0.15) is 52.9 Å². The van der Waals surface area contributed by atoms with Crippen molar-refractivity contribution in [1.82, 2.24) is 9.80 Å². The van der Waals surface area contributed by atoms with Crippen LogP contribution in [-0.2, 0) is 13.0 Å². The fraction of sp³-hybridized carbons (Fsp3) is 0.367. The van der Waals surface area contributed by atoms with Gasteiger partial charge in [0, 0.05) is 22.7 Å². The second-order valence-electron chi connectivity index (χ2n) is 9.95. The first-order valence-electron chi connectivity index (χ1n) is 12.7. The average molecular weight is 597 g/mol.